The van der Waals surface area contributed by atoms with Crippen LogP contribution in [0, 0.1) is 10.1 Å². The molecule has 0 aliphatic rings. The van der Waals surface area contributed by atoms with Gasteiger partial charge in [0.1, 0.15) is 0 Å². The molecule has 0 aliphatic carbocycles. The molecule has 0 amide bonds. The molecule has 1 atom stereocenters. The Kier molecular flexibility index (Phi) is 4.80. The number of nitro groups is 1. The third kappa shape index (κ3) is 3.82. The lowest BCUT2D eigenvalue weighted by molar-refractivity contribution is -0.384. The van der Waals surface area contributed by atoms with Crippen LogP contribution in [0.3, 0.4) is 0 Å². The van der Waals surface area contributed by atoms with Gasteiger partial charge in [-0.15, -0.1) is 0 Å². The highest BCUT2D eigenvalue weighted by molar-refractivity contribution is 7.91. The van der Waals surface area contributed by atoms with Gasteiger partial charge < -0.3 is 5.11 Å². The Bertz CT molecular complexity index is 772. The highest BCUT2D eigenvalue weighted by atomic mass is 35.5. The van der Waals surface area contributed by atoms with E-state index in [0.717, 1.165) is 0 Å². The Morgan fingerprint density at radius 3 is 2.14 bits per heavy atom. The molecule has 0 aromatic heterocycles. The number of non-ortho nitro benzene ring substituents is 1. The molecule has 0 radical (unpaired) electrons. The summed E-state index contributed by atoms with van der Waals surface area (Å²) in [6, 6.07) is 10.7. The molecule has 0 aliphatic heterocycles. The average molecular weight is 342 g/mol. The van der Waals surface area contributed by atoms with Crippen molar-refractivity contribution in [1.82, 2.24) is 0 Å². The van der Waals surface area contributed by atoms with Crippen molar-refractivity contribution in [2.45, 2.75) is 11.0 Å². The third-order valence-electron chi connectivity index (χ3n) is 3.04. The van der Waals surface area contributed by atoms with E-state index < -0.39 is 26.6 Å². The maximum absolute atomic E-state index is 12.2. The Labute approximate surface area is 132 Å². The molecule has 6 nitrogen and oxygen atoms in total. The zero-order valence-corrected chi connectivity index (χ0v) is 12.8. The summed E-state index contributed by atoms with van der Waals surface area (Å²) < 4.78 is 24.4. The second kappa shape index (κ2) is 6.43. The van der Waals surface area contributed by atoms with Crippen LogP contribution in [0.15, 0.2) is 53.4 Å². The summed E-state index contributed by atoms with van der Waals surface area (Å²) in [5.41, 5.74) is 0.166. The second-order valence-electron chi connectivity index (χ2n) is 4.60. The summed E-state index contributed by atoms with van der Waals surface area (Å²) in [6.45, 7) is 0. The fraction of sp³-hybridized carbons (Fsp3) is 0.143. The first-order valence-electron chi connectivity index (χ1n) is 6.20. The Hall–Kier alpha value is -1.96. The molecular weight excluding hydrogens is 330 g/mol. The molecule has 0 spiro atoms. The molecule has 1 N–H and O–H groups in total. The standard InChI is InChI=1S/C14H12ClNO5S/c15-11-3-7-13(8-4-11)22(20,21)9-14(17)10-1-5-12(6-2-10)16(18)19/h1-8,14,17H,9H2. The van der Waals surface area contributed by atoms with Crippen LogP contribution in [-0.4, -0.2) is 24.2 Å². The number of halogens is 1. The van der Waals surface area contributed by atoms with Crippen LogP contribution in [0.1, 0.15) is 11.7 Å². The van der Waals surface area contributed by atoms with Crippen LogP contribution in [0.25, 0.3) is 0 Å². The molecule has 0 bridgehead atoms. The first kappa shape index (κ1) is 16.4. The quantitative estimate of drug-likeness (QED) is 0.666. The number of hydrogen-bond acceptors (Lipinski definition) is 5. The van der Waals surface area contributed by atoms with Gasteiger partial charge in [0.15, 0.2) is 9.84 Å². The summed E-state index contributed by atoms with van der Waals surface area (Å²) in [7, 11) is -3.69. The molecule has 8 heteroatoms. The molecule has 0 fully saturated rings. The van der Waals surface area contributed by atoms with Crippen LogP contribution in [0.4, 0.5) is 5.69 Å². The molecule has 1 unspecified atom stereocenters. The summed E-state index contributed by atoms with van der Waals surface area (Å²) in [5.74, 6) is -0.521. The van der Waals surface area contributed by atoms with Crippen LogP contribution >= 0.6 is 11.6 Å². The van der Waals surface area contributed by atoms with Crippen molar-refractivity contribution < 1.29 is 18.4 Å². The van der Waals surface area contributed by atoms with Gasteiger partial charge >= 0.3 is 0 Å². The molecule has 0 saturated heterocycles. The van der Waals surface area contributed by atoms with Gasteiger partial charge in [-0.25, -0.2) is 8.42 Å². The minimum absolute atomic E-state index is 0.0536. The van der Waals surface area contributed by atoms with Crippen LogP contribution < -0.4 is 0 Å². The number of aliphatic hydroxyl groups excluding tert-OH is 1. The van der Waals surface area contributed by atoms with E-state index in [-0.39, 0.29) is 10.6 Å². The smallest absolute Gasteiger partial charge is 0.269 e. The van der Waals surface area contributed by atoms with E-state index in [2.05, 4.69) is 0 Å². The fourth-order valence-corrected chi connectivity index (χ4v) is 3.34. The minimum atomic E-state index is -3.69. The van der Waals surface area contributed by atoms with Crippen molar-refractivity contribution in [1.29, 1.82) is 0 Å². The molecule has 22 heavy (non-hydrogen) atoms. The van der Waals surface area contributed by atoms with Crippen molar-refractivity contribution in [3.63, 3.8) is 0 Å². The maximum Gasteiger partial charge on any atom is 0.269 e. The van der Waals surface area contributed by atoms with E-state index in [9.17, 15) is 23.6 Å². The Balaban J connectivity index is 2.18. The van der Waals surface area contributed by atoms with E-state index in [4.69, 9.17) is 11.6 Å². The highest BCUT2D eigenvalue weighted by Gasteiger charge is 2.21. The van der Waals surface area contributed by atoms with Crippen LogP contribution in [0.5, 0.6) is 0 Å². The predicted octanol–water partition coefficient (Wildman–Crippen LogP) is 2.76. The topological polar surface area (TPSA) is 97.5 Å². The first-order chi connectivity index (χ1) is 10.3. The van der Waals surface area contributed by atoms with Crippen molar-refractivity contribution in [2.24, 2.45) is 0 Å². The van der Waals surface area contributed by atoms with Gasteiger partial charge in [-0.2, -0.15) is 0 Å². The number of sulfone groups is 1. The Morgan fingerprint density at radius 1 is 1.09 bits per heavy atom. The SMILES string of the molecule is O=[N+]([O-])c1ccc(C(O)CS(=O)(=O)c2ccc(Cl)cc2)cc1. The van der Waals surface area contributed by atoms with Gasteiger partial charge in [0.25, 0.3) is 5.69 Å². The summed E-state index contributed by atoms with van der Waals surface area (Å²) in [4.78, 5) is 10.0. The minimum Gasteiger partial charge on any atom is -0.387 e. The lowest BCUT2D eigenvalue weighted by atomic mass is 10.1. The average Bonchev–Trinajstić information content (AvgIpc) is 2.47. The monoisotopic (exact) mass is 341 g/mol. The molecule has 116 valence electrons. The van der Waals surface area contributed by atoms with E-state index in [1.165, 1.54) is 48.5 Å². The normalized spacial score (nSPS) is 12.8. The van der Waals surface area contributed by atoms with E-state index in [1.54, 1.807) is 0 Å². The molecule has 2 aromatic carbocycles. The zero-order valence-electron chi connectivity index (χ0n) is 11.2. The van der Waals surface area contributed by atoms with Crippen molar-refractivity contribution >= 4 is 27.1 Å². The summed E-state index contributed by atoms with van der Waals surface area (Å²) >= 11 is 5.70. The van der Waals surface area contributed by atoms with Gasteiger partial charge in [0, 0.05) is 17.2 Å². The van der Waals surface area contributed by atoms with Gasteiger partial charge in [0.2, 0.25) is 0 Å². The molecule has 2 rings (SSSR count). The molecular formula is C14H12ClNO5S. The van der Waals surface area contributed by atoms with Crippen LogP contribution in [0.2, 0.25) is 5.02 Å². The highest BCUT2D eigenvalue weighted by Crippen LogP contribution is 2.23. The number of nitrogens with zero attached hydrogens (tertiary/aromatic N) is 1. The molecule has 2 aromatic rings. The number of nitro benzene ring substituents is 1. The second-order valence-corrected chi connectivity index (χ2v) is 7.07. The summed E-state index contributed by atoms with van der Waals surface area (Å²) in [6.07, 6.45) is -1.28. The van der Waals surface area contributed by atoms with E-state index in [0.29, 0.717) is 10.6 Å². The van der Waals surface area contributed by atoms with Gasteiger partial charge in [-0.05, 0) is 42.0 Å². The lowest BCUT2D eigenvalue weighted by Crippen LogP contribution is -2.14. The van der Waals surface area contributed by atoms with E-state index in [1.807, 2.05) is 0 Å². The Morgan fingerprint density at radius 2 is 1.64 bits per heavy atom. The van der Waals surface area contributed by atoms with Gasteiger partial charge in [-0.3, -0.25) is 10.1 Å². The van der Waals surface area contributed by atoms with Gasteiger partial charge in [0.05, 0.1) is 21.7 Å². The van der Waals surface area contributed by atoms with Gasteiger partial charge in [-0.1, -0.05) is 11.6 Å². The predicted molar refractivity (Wildman–Crippen MR) is 81.6 cm³/mol. The molecule has 0 heterocycles. The number of aliphatic hydroxyl groups is 1. The summed E-state index contributed by atoms with van der Waals surface area (Å²) in [5, 5.41) is 21.0. The van der Waals surface area contributed by atoms with E-state index >= 15 is 0 Å². The first-order valence-corrected chi connectivity index (χ1v) is 8.23. The van der Waals surface area contributed by atoms with Crippen molar-refractivity contribution in [3.8, 4) is 0 Å². The zero-order chi connectivity index (χ0) is 16.3. The van der Waals surface area contributed by atoms with Crippen molar-refractivity contribution in [3.05, 3.63) is 69.2 Å². The third-order valence-corrected chi connectivity index (χ3v) is 5.04. The maximum atomic E-state index is 12.2. The largest absolute Gasteiger partial charge is 0.387 e. The fourth-order valence-electron chi connectivity index (χ4n) is 1.86. The lowest BCUT2D eigenvalue weighted by Gasteiger charge is -2.11. The number of rotatable bonds is 5. The van der Waals surface area contributed by atoms with Crippen LogP contribution in [-0.2, 0) is 9.84 Å². The number of hydrogen-bond donors (Lipinski definition) is 1. The number of benzene rings is 2. The van der Waals surface area contributed by atoms with Crippen molar-refractivity contribution in [2.75, 3.05) is 5.75 Å². The molecule has 0 saturated carbocycles.